The van der Waals surface area contributed by atoms with Crippen LogP contribution in [0.15, 0.2) is 12.1 Å². The minimum atomic E-state index is -0.457. The Bertz CT molecular complexity index is 537. The van der Waals surface area contributed by atoms with E-state index in [1.165, 1.54) is 6.07 Å². The van der Waals surface area contributed by atoms with Crippen LogP contribution >= 0.6 is 0 Å². The van der Waals surface area contributed by atoms with E-state index in [0.29, 0.717) is 6.54 Å². The molecule has 1 amide bonds. The molecule has 20 heavy (non-hydrogen) atoms. The number of benzene rings is 1. The van der Waals surface area contributed by atoms with Gasteiger partial charge in [0, 0.05) is 12.6 Å². The summed E-state index contributed by atoms with van der Waals surface area (Å²) in [5.41, 5.74) is 2.00. The third-order valence-electron chi connectivity index (χ3n) is 3.73. The number of carbonyl (C=O) groups excluding carboxylic acids is 1. The zero-order chi connectivity index (χ0) is 14.7. The predicted octanol–water partition coefficient (Wildman–Crippen LogP) is 2.15. The first-order chi connectivity index (χ1) is 9.49. The van der Waals surface area contributed by atoms with E-state index in [-0.39, 0.29) is 23.2 Å². The van der Waals surface area contributed by atoms with Crippen LogP contribution in [-0.4, -0.2) is 23.9 Å². The summed E-state index contributed by atoms with van der Waals surface area (Å²) in [4.78, 5) is 22.8. The summed E-state index contributed by atoms with van der Waals surface area (Å²) < 4.78 is 0. The van der Waals surface area contributed by atoms with Gasteiger partial charge in [-0.15, -0.1) is 0 Å². The van der Waals surface area contributed by atoms with Gasteiger partial charge in [-0.3, -0.25) is 14.9 Å². The van der Waals surface area contributed by atoms with Gasteiger partial charge in [0.2, 0.25) is 5.91 Å². The van der Waals surface area contributed by atoms with E-state index in [2.05, 4.69) is 10.6 Å². The highest BCUT2D eigenvalue weighted by Gasteiger charge is 2.24. The fraction of sp³-hybridized carbons (Fsp3) is 0.500. The fourth-order valence-electron chi connectivity index (χ4n) is 2.36. The number of nitrogens with zero attached hydrogens (tertiary/aromatic N) is 1. The van der Waals surface area contributed by atoms with Crippen molar-refractivity contribution < 1.29 is 9.72 Å². The van der Waals surface area contributed by atoms with Gasteiger partial charge in [0.15, 0.2) is 0 Å². The number of carbonyl (C=O) groups is 1. The third kappa shape index (κ3) is 3.14. The van der Waals surface area contributed by atoms with Crippen molar-refractivity contribution in [3.63, 3.8) is 0 Å². The van der Waals surface area contributed by atoms with Gasteiger partial charge in [-0.05, 0) is 50.4 Å². The molecule has 6 heteroatoms. The van der Waals surface area contributed by atoms with Crippen LogP contribution in [0.1, 0.15) is 24.0 Å². The minimum Gasteiger partial charge on any atom is -0.320 e. The molecule has 6 nitrogen and oxygen atoms in total. The molecule has 1 aromatic rings. The Morgan fingerprint density at radius 3 is 2.70 bits per heavy atom. The van der Waals surface area contributed by atoms with E-state index < -0.39 is 4.92 Å². The molecule has 2 N–H and O–H groups in total. The Balaban J connectivity index is 2.21. The number of amides is 1. The highest BCUT2D eigenvalue weighted by atomic mass is 16.6. The van der Waals surface area contributed by atoms with Gasteiger partial charge in [0.25, 0.3) is 5.69 Å². The summed E-state index contributed by atoms with van der Waals surface area (Å²) in [5, 5.41) is 17.0. The lowest BCUT2D eigenvalue weighted by molar-refractivity contribution is -0.384. The molecule has 0 aliphatic carbocycles. The average Bonchev–Trinajstić information content (AvgIpc) is 2.43. The van der Waals surface area contributed by atoms with Gasteiger partial charge < -0.3 is 10.6 Å². The number of aryl methyl sites for hydroxylation is 2. The molecule has 2 rings (SSSR count). The number of anilines is 1. The first-order valence-electron chi connectivity index (χ1n) is 6.76. The first-order valence-corrected chi connectivity index (χ1v) is 6.76. The Hall–Kier alpha value is -1.95. The number of hydrogen-bond acceptors (Lipinski definition) is 4. The van der Waals surface area contributed by atoms with Crippen molar-refractivity contribution in [2.24, 2.45) is 5.92 Å². The topological polar surface area (TPSA) is 84.3 Å². The van der Waals surface area contributed by atoms with Gasteiger partial charge in [-0.25, -0.2) is 0 Å². The molecule has 0 spiro atoms. The van der Waals surface area contributed by atoms with Crippen LogP contribution in [0.25, 0.3) is 0 Å². The molecule has 0 radical (unpaired) electrons. The van der Waals surface area contributed by atoms with Crippen molar-refractivity contribution in [1.82, 2.24) is 5.32 Å². The van der Waals surface area contributed by atoms with E-state index in [0.717, 1.165) is 30.5 Å². The molecular formula is C14H19N3O3. The number of hydrogen-bond donors (Lipinski definition) is 2. The van der Waals surface area contributed by atoms with Crippen LogP contribution in [0.4, 0.5) is 11.4 Å². The molecule has 1 saturated heterocycles. The quantitative estimate of drug-likeness (QED) is 0.655. The SMILES string of the molecule is Cc1cc(NC(=O)[C@@H]2CCCNC2)c([N+](=O)[O-])cc1C. The lowest BCUT2D eigenvalue weighted by Crippen LogP contribution is -2.37. The normalized spacial score (nSPS) is 18.6. The second-order valence-electron chi connectivity index (χ2n) is 5.24. The lowest BCUT2D eigenvalue weighted by atomic mass is 9.98. The van der Waals surface area contributed by atoms with Crippen LogP contribution in [-0.2, 0) is 4.79 Å². The molecule has 108 valence electrons. The zero-order valence-electron chi connectivity index (χ0n) is 11.7. The second-order valence-corrected chi connectivity index (χ2v) is 5.24. The number of nitrogens with one attached hydrogen (secondary N) is 2. The highest BCUT2D eigenvalue weighted by molar-refractivity contribution is 5.95. The van der Waals surface area contributed by atoms with Gasteiger partial charge in [-0.1, -0.05) is 0 Å². The van der Waals surface area contributed by atoms with Gasteiger partial charge in [0.1, 0.15) is 5.69 Å². The van der Waals surface area contributed by atoms with Crippen LogP contribution in [0.5, 0.6) is 0 Å². The van der Waals surface area contributed by atoms with Crippen LogP contribution in [0.2, 0.25) is 0 Å². The molecule has 1 fully saturated rings. The van der Waals surface area contributed by atoms with Crippen molar-refractivity contribution >= 4 is 17.3 Å². The summed E-state index contributed by atoms with van der Waals surface area (Å²) in [5.74, 6) is -0.270. The number of piperidine rings is 1. The van der Waals surface area contributed by atoms with E-state index in [1.807, 2.05) is 13.8 Å². The Labute approximate surface area is 117 Å². The molecule has 1 heterocycles. The van der Waals surface area contributed by atoms with E-state index >= 15 is 0 Å². The van der Waals surface area contributed by atoms with Crippen LogP contribution in [0.3, 0.4) is 0 Å². The van der Waals surface area contributed by atoms with E-state index in [4.69, 9.17) is 0 Å². The second kappa shape index (κ2) is 6.00. The Kier molecular flexibility index (Phi) is 4.34. The fourth-order valence-corrected chi connectivity index (χ4v) is 2.36. The maximum atomic E-state index is 12.2. The summed E-state index contributed by atoms with van der Waals surface area (Å²) in [6.07, 6.45) is 1.77. The monoisotopic (exact) mass is 277 g/mol. The third-order valence-corrected chi connectivity index (χ3v) is 3.73. The van der Waals surface area contributed by atoms with Crippen molar-refractivity contribution in [2.45, 2.75) is 26.7 Å². The summed E-state index contributed by atoms with van der Waals surface area (Å²) in [7, 11) is 0. The maximum absolute atomic E-state index is 12.2. The van der Waals surface area contributed by atoms with Crippen molar-refractivity contribution in [2.75, 3.05) is 18.4 Å². The number of nitro groups is 1. The summed E-state index contributed by atoms with van der Waals surface area (Å²) in [6, 6.07) is 3.17. The van der Waals surface area contributed by atoms with Gasteiger partial charge in [0.05, 0.1) is 10.8 Å². The number of nitro benzene ring substituents is 1. The van der Waals surface area contributed by atoms with Crippen LogP contribution in [0, 0.1) is 29.9 Å². The molecule has 0 bridgehead atoms. The van der Waals surface area contributed by atoms with E-state index in [1.54, 1.807) is 6.07 Å². The zero-order valence-corrected chi connectivity index (χ0v) is 11.7. The number of rotatable bonds is 3. The Morgan fingerprint density at radius 2 is 2.10 bits per heavy atom. The minimum absolute atomic E-state index is 0.0507. The molecular weight excluding hydrogens is 258 g/mol. The molecule has 1 aliphatic rings. The first kappa shape index (κ1) is 14.5. The largest absolute Gasteiger partial charge is 0.320 e. The molecule has 0 saturated carbocycles. The molecule has 0 unspecified atom stereocenters. The smallest absolute Gasteiger partial charge is 0.293 e. The lowest BCUT2D eigenvalue weighted by Gasteiger charge is -2.22. The molecule has 1 aromatic carbocycles. The predicted molar refractivity (Wildman–Crippen MR) is 76.8 cm³/mol. The molecule has 1 aliphatic heterocycles. The summed E-state index contributed by atoms with van der Waals surface area (Å²) >= 11 is 0. The molecule has 0 aromatic heterocycles. The van der Waals surface area contributed by atoms with Crippen molar-refractivity contribution in [3.8, 4) is 0 Å². The standard InChI is InChI=1S/C14H19N3O3/c1-9-6-12(13(17(19)20)7-10(9)2)16-14(18)11-4-3-5-15-8-11/h6-7,11,15H,3-5,8H2,1-2H3,(H,16,18)/t11-/m1/s1. The highest BCUT2D eigenvalue weighted by Crippen LogP contribution is 2.28. The van der Waals surface area contributed by atoms with Crippen molar-refractivity contribution in [1.29, 1.82) is 0 Å². The van der Waals surface area contributed by atoms with E-state index in [9.17, 15) is 14.9 Å². The average molecular weight is 277 g/mol. The molecule has 1 atom stereocenters. The van der Waals surface area contributed by atoms with Crippen molar-refractivity contribution in [3.05, 3.63) is 33.4 Å². The Morgan fingerprint density at radius 1 is 1.40 bits per heavy atom. The summed E-state index contributed by atoms with van der Waals surface area (Å²) in [6.45, 7) is 5.24. The van der Waals surface area contributed by atoms with Gasteiger partial charge in [-0.2, -0.15) is 0 Å². The maximum Gasteiger partial charge on any atom is 0.293 e. The van der Waals surface area contributed by atoms with Gasteiger partial charge >= 0.3 is 0 Å². The van der Waals surface area contributed by atoms with Crippen LogP contribution < -0.4 is 10.6 Å².